The monoisotopic (exact) mass is 295 g/mol. The molecule has 0 saturated heterocycles. The van der Waals surface area contributed by atoms with Crippen molar-refractivity contribution in [1.82, 2.24) is 4.72 Å². The van der Waals surface area contributed by atoms with Crippen LogP contribution in [0.5, 0.6) is 0 Å². The highest BCUT2D eigenvalue weighted by Gasteiger charge is 2.22. The zero-order chi connectivity index (χ0) is 13.9. The van der Waals surface area contributed by atoms with Gasteiger partial charge in [-0.2, -0.15) is 11.3 Å². The number of amides is 1. The molecule has 19 heavy (non-hydrogen) atoms. The third kappa shape index (κ3) is 3.21. The summed E-state index contributed by atoms with van der Waals surface area (Å²) in [4.78, 5) is 12.1. The van der Waals surface area contributed by atoms with Gasteiger partial charge in [-0.15, -0.1) is 0 Å². The molecule has 6 heteroatoms. The second-order valence-corrected chi connectivity index (χ2v) is 6.52. The standard InChI is InChI=1S/C13H13NO3S2/c1-10(11-5-3-2-4-6-11)13(15)14-19(16,17)12-7-8-18-9-12/h2-10H,1H3,(H,14,15)/t10-/m0/s1. The number of benzene rings is 1. The topological polar surface area (TPSA) is 63.2 Å². The maximum Gasteiger partial charge on any atom is 0.264 e. The van der Waals surface area contributed by atoms with Gasteiger partial charge >= 0.3 is 0 Å². The summed E-state index contributed by atoms with van der Waals surface area (Å²) in [6, 6.07) is 10.5. The SMILES string of the molecule is C[C@H](C(=O)NS(=O)(=O)c1ccsc1)c1ccccc1. The van der Waals surface area contributed by atoms with Gasteiger partial charge in [0.2, 0.25) is 5.91 Å². The van der Waals surface area contributed by atoms with Crippen LogP contribution in [0, 0.1) is 0 Å². The van der Waals surface area contributed by atoms with Crippen LogP contribution in [0.1, 0.15) is 18.4 Å². The van der Waals surface area contributed by atoms with Crippen LogP contribution in [0.25, 0.3) is 0 Å². The number of nitrogens with one attached hydrogen (secondary N) is 1. The molecule has 100 valence electrons. The quantitative estimate of drug-likeness (QED) is 0.941. The molecule has 1 aromatic heterocycles. The Morgan fingerprint density at radius 3 is 2.47 bits per heavy atom. The average molecular weight is 295 g/mol. The van der Waals surface area contributed by atoms with Gasteiger partial charge in [0.15, 0.2) is 0 Å². The van der Waals surface area contributed by atoms with Gasteiger partial charge in [-0.25, -0.2) is 13.1 Å². The number of hydrogen-bond donors (Lipinski definition) is 1. The summed E-state index contributed by atoms with van der Waals surface area (Å²) in [7, 11) is -3.76. The molecule has 1 N–H and O–H groups in total. The van der Waals surface area contributed by atoms with E-state index in [1.807, 2.05) is 18.2 Å². The van der Waals surface area contributed by atoms with Crippen LogP contribution in [0.3, 0.4) is 0 Å². The average Bonchev–Trinajstić information content (AvgIpc) is 2.93. The van der Waals surface area contributed by atoms with Gasteiger partial charge in [0, 0.05) is 5.38 Å². The van der Waals surface area contributed by atoms with E-state index in [4.69, 9.17) is 0 Å². The Morgan fingerprint density at radius 2 is 1.89 bits per heavy atom. The number of hydrogen-bond acceptors (Lipinski definition) is 4. The van der Waals surface area contributed by atoms with E-state index in [9.17, 15) is 13.2 Å². The van der Waals surface area contributed by atoms with Crippen LogP contribution in [-0.4, -0.2) is 14.3 Å². The van der Waals surface area contributed by atoms with Crippen molar-refractivity contribution >= 4 is 27.3 Å². The maximum atomic E-state index is 12.0. The number of thiophene rings is 1. The third-order valence-electron chi connectivity index (χ3n) is 2.73. The Labute approximate surface area is 116 Å². The van der Waals surface area contributed by atoms with Gasteiger partial charge in [0.05, 0.1) is 10.8 Å². The summed E-state index contributed by atoms with van der Waals surface area (Å²) >= 11 is 1.27. The molecule has 0 fully saturated rings. The van der Waals surface area contributed by atoms with Crippen LogP contribution in [-0.2, 0) is 14.8 Å². The van der Waals surface area contributed by atoms with Crippen molar-refractivity contribution in [3.05, 3.63) is 52.7 Å². The molecule has 0 radical (unpaired) electrons. The largest absolute Gasteiger partial charge is 0.273 e. The normalized spacial score (nSPS) is 12.9. The molecule has 0 aliphatic rings. The lowest BCUT2D eigenvalue weighted by Crippen LogP contribution is -2.33. The van der Waals surface area contributed by atoms with Crippen molar-refractivity contribution in [1.29, 1.82) is 0 Å². The number of carbonyl (C=O) groups is 1. The van der Waals surface area contributed by atoms with Gasteiger partial charge in [0.1, 0.15) is 0 Å². The Balaban J connectivity index is 2.14. The summed E-state index contributed by atoms with van der Waals surface area (Å²) < 4.78 is 25.9. The van der Waals surface area contributed by atoms with E-state index < -0.39 is 21.8 Å². The summed E-state index contributed by atoms with van der Waals surface area (Å²) in [5, 5.41) is 3.14. The van der Waals surface area contributed by atoms with E-state index in [2.05, 4.69) is 4.72 Å². The minimum atomic E-state index is -3.76. The minimum Gasteiger partial charge on any atom is -0.273 e. The zero-order valence-corrected chi connectivity index (χ0v) is 11.9. The molecule has 0 unspecified atom stereocenters. The molecule has 1 aromatic carbocycles. The second-order valence-electron chi connectivity index (χ2n) is 4.06. The number of sulfonamides is 1. The van der Waals surface area contributed by atoms with Crippen molar-refractivity contribution in [2.75, 3.05) is 0 Å². The van der Waals surface area contributed by atoms with E-state index in [-0.39, 0.29) is 4.90 Å². The molecule has 4 nitrogen and oxygen atoms in total. The van der Waals surface area contributed by atoms with Crippen LogP contribution in [0.2, 0.25) is 0 Å². The molecule has 0 aliphatic heterocycles. The van der Waals surface area contributed by atoms with Crippen LogP contribution >= 0.6 is 11.3 Å². The highest BCUT2D eigenvalue weighted by Crippen LogP contribution is 2.17. The highest BCUT2D eigenvalue weighted by molar-refractivity contribution is 7.90. The number of rotatable bonds is 4. The first-order valence-electron chi connectivity index (χ1n) is 5.64. The Bertz CT molecular complexity index is 648. The lowest BCUT2D eigenvalue weighted by molar-refractivity contribution is -0.120. The van der Waals surface area contributed by atoms with Crippen molar-refractivity contribution in [2.45, 2.75) is 17.7 Å². The van der Waals surface area contributed by atoms with Gasteiger partial charge in [-0.1, -0.05) is 30.3 Å². The zero-order valence-electron chi connectivity index (χ0n) is 10.2. The predicted octanol–water partition coefficient (Wildman–Crippen LogP) is 2.36. The van der Waals surface area contributed by atoms with Gasteiger partial charge in [0.25, 0.3) is 10.0 Å². The molecule has 0 bridgehead atoms. The third-order valence-corrected chi connectivity index (χ3v) is 4.91. The lowest BCUT2D eigenvalue weighted by Gasteiger charge is -2.12. The van der Waals surface area contributed by atoms with Crippen molar-refractivity contribution in [2.24, 2.45) is 0 Å². The number of carbonyl (C=O) groups excluding carboxylic acids is 1. The molecule has 0 spiro atoms. The molecule has 0 aliphatic carbocycles. The van der Waals surface area contributed by atoms with Gasteiger partial charge in [-0.05, 0) is 23.9 Å². The van der Waals surface area contributed by atoms with E-state index in [1.165, 1.54) is 22.8 Å². The van der Waals surface area contributed by atoms with E-state index >= 15 is 0 Å². The van der Waals surface area contributed by atoms with Gasteiger partial charge in [-0.3, -0.25) is 4.79 Å². The first kappa shape index (κ1) is 13.8. The second kappa shape index (κ2) is 5.54. The van der Waals surface area contributed by atoms with Crippen molar-refractivity contribution < 1.29 is 13.2 Å². The fraction of sp³-hybridized carbons (Fsp3) is 0.154. The maximum absolute atomic E-state index is 12.0. The molecule has 1 atom stereocenters. The summed E-state index contributed by atoms with van der Waals surface area (Å²) in [5.74, 6) is -1.05. The fourth-order valence-corrected chi connectivity index (χ4v) is 3.66. The molecular weight excluding hydrogens is 282 g/mol. The first-order chi connectivity index (χ1) is 9.00. The molecular formula is C13H13NO3S2. The molecule has 0 saturated carbocycles. The smallest absolute Gasteiger partial charge is 0.264 e. The Kier molecular flexibility index (Phi) is 4.01. The van der Waals surface area contributed by atoms with Crippen LogP contribution < -0.4 is 4.72 Å². The fourth-order valence-electron chi connectivity index (χ4n) is 1.58. The summed E-state index contributed by atoms with van der Waals surface area (Å²) in [6.07, 6.45) is 0. The minimum absolute atomic E-state index is 0.117. The molecule has 2 rings (SSSR count). The van der Waals surface area contributed by atoms with Crippen molar-refractivity contribution in [3.8, 4) is 0 Å². The van der Waals surface area contributed by atoms with E-state index in [1.54, 1.807) is 24.4 Å². The van der Waals surface area contributed by atoms with Crippen LogP contribution in [0.4, 0.5) is 0 Å². The highest BCUT2D eigenvalue weighted by atomic mass is 32.2. The lowest BCUT2D eigenvalue weighted by atomic mass is 10.0. The van der Waals surface area contributed by atoms with Crippen molar-refractivity contribution in [3.63, 3.8) is 0 Å². The van der Waals surface area contributed by atoms with E-state index in [0.29, 0.717) is 0 Å². The van der Waals surface area contributed by atoms with E-state index in [0.717, 1.165) is 5.56 Å². The Hall–Kier alpha value is -1.66. The Morgan fingerprint density at radius 1 is 1.21 bits per heavy atom. The molecule has 1 amide bonds. The van der Waals surface area contributed by atoms with Crippen LogP contribution in [0.15, 0.2) is 52.1 Å². The molecule has 1 heterocycles. The predicted molar refractivity (Wildman–Crippen MR) is 74.5 cm³/mol. The van der Waals surface area contributed by atoms with Gasteiger partial charge < -0.3 is 0 Å². The summed E-state index contributed by atoms with van der Waals surface area (Å²) in [5.41, 5.74) is 0.778. The molecule has 2 aromatic rings. The first-order valence-corrected chi connectivity index (χ1v) is 8.07. The summed E-state index contributed by atoms with van der Waals surface area (Å²) in [6.45, 7) is 1.67.